The SMILES string of the molecule is COCCOc1ccc(S(=O)(=O)Nc2ccc(OC)c(S(=O)(=O)N3CCOCC3)c2)cc1. The zero-order valence-electron chi connectivity index (χ0n) is 17.8. The Balaban J connectivity index is 1.83. The molecule has 0 aromatic heterocycles. The van der Waals surface area contributed by atoms with Crippen molar-refractivity contribution >= 4 is 25.7 Å². The largest absolute Gasteiger partial charge is 0.495 e. The number of rotatable bonds is 10. The van der Waals surface area contributed by atoms with Gasteiger partial charge in [0.05, 0.1) is 37.5 Å². The molecule has 176 valence electrons. The van der Waals surface area contributed by atoms with Gasteiger partial charge in [0.2, 0.25) is 10.0 Å². The Kier molecular flexibility index (Phi) is 7.96. The Morgan fingerprint density at radius 3 is 2.28 bits per heavy atom. The van der Waals surface area contributed by atoms with Gasteiger partial charge in [-0.15, -0.1) is 0 Å². The van der Waals surface area contributed by atoms with E-state index in [2.05, 4.69) is 4.72 Å². The Labute approximate surface area is 188 Å². The molecule has 0 radical (unpaired) electrons. The van der Waals surface area contributed by atoms with Gasteiger partial charge in [-0.3, -0.25) is 4.72 Å². The molecule has 12 heteroatoms. The smallest absolute Gasteiger partial charge is 0.261 e. The van der Waals surface area contributed by atoms with Crippen LogP contribution in [0, 0.1) is 0 Å². The summed E-state index contributed by atoms with van der Waals surface area (Å²) in [5.41, 5.74) is 0.0954. The zero-order chi connectivity index (χ0) is 23.2. The van der Waals surface area contributed by atoms with Crippen LogP contribution >= 0.6 is 0 Å². The summed E-state index contributed by atoms with van der Waals surface area (Å²) in [5.74, 6) is 0.626. The first-order valence-corrected chi connectivity index (χ1v) is 12.7. The van der Waals surface area contributed by atoms with E-state index in [-0.39, 0.29) is 34.3 Å². The number of sulfonamides is 2. The molecule has 1 heterocycles. The van der Waals surface area contributed by atoms with E-state index < -0.39 is 20.0 Å². The molecule has 3 rings (SSSR count). The van der Waals surface area contributed by atoms with Gasteiger partial charge in [0, 0.05) is 20.2 Å². The topological polar surface area (TPSA) is 120 Å². The van der Waals surface area contributed by atoms with Crippen molar-refractivity contribution < 1.29 is 35.8 Å². The normalized spacial score (nSPS) is 15.3. The molecule has 0 spiro atoms. The minimum Gasteiger partial charge on any atom is -0.495 e. The number of nitrogens with zero attached hydrogens (tertiary/aromatic N) is 1. The molecule has 10 nitrogen and oxygen atoms in total. The van der Waals surface area contributed by atoms with Gasteiger partial charge < -0.3 is 18.9 Å². The Morgan fingerprint density at radius 1 is 0.969 bits per heavy atom. The number of benzene rings is 2. The molecule has 2 aromatic carbocycles. The molecule has 0 aliphatic carbocycles. The van der Waals surface area contributed by atoms with Gasteiger partial charge in [-0.1, -0.05) is 0 Å². The van der Waals surface area contributed by atoms with Crippen molar-refractivity contribution in [1.29, 1.82) is 0 Å². The number of methoxy groups -OCH3 is 2. The second-order valence-corrected chi connectivity index (χ2v) is 10.4. The fourth-order valence-corrected chi connectivity index (χ4v) is 5.68. The first-order chi connectivity index (χ1) is 15.3. The number of ether oxygens (including phenoxy) is 4. The van der Waals surface area contributed by atoms with E-state index in [9.17, 15) is 16.8 Å². The van der Waals surface area contributed by atoms with Crippen LogP contribution in [0.25, 0.3) is 0 Å². The van der Waals surface area contributed by atoms with Crippen molar-refractivity contribution in [2.75, 3.05) is 58.5 Å². The summed E-state index contributed by atoms with van der Waals surface area (Å²) in [5, 5.41) is 0. The van der Waals surface area contributed by atoms with Crippen molar-refractivity contribution in [2.45, 2.75) is 9.79 Å². The van der Waals surface area contributed by atoms with Crippen LogP contribution in [-0.2, 0) is 29.5 Å². The number of anilines is 1. The third-order valence-corrected chi connectivity index (χ3v) is 8.01. The van der Waals surface area contributed by atoms with Crippen molar-refractivity contribution in [2.24, 2.45) is 0 Å². The highest BCUT2D eigenvalue weighted by molar-refractivity contribution is 7.92. The van der Waals surface area contributed by atoms with Crippen LogP contribution in [0.15, 0.2) is 52.3 Å². The van der Waals surface area contributed by atoms with Crippen LogP contribution in [0.4, 0.5) is 5.69 Å². The first-order valence-electron chi connectivity index (χ1n) is 9.78. The van der Waals surface area contributed by atoms with Crippen molar-refractivity contribution in [1.82, 2.24) is 4.31 Å². The van der Waals surface area contributed by atoms with Gasteiger partial charge in [-0.05, 0) is 42.5 Å². The van der Waals surface area contributed by atoms with Crippen molar-refractivity contribution in [3.05, 3.63) is 42.5 Å². The Hall–Kier alpha value is -2.38. The lowest BCUT2D eigenvalue weighted by molar-refractivity contribution is 0.0729. The fraction of sp³-hybridized carbons (Fsp3) is 0.400. The van der Waals surface area contributed by atoms with Crippen LogP contribution < -0.4 is 14.2 Å². The lowest BCUT2D eigenvalue weighted by Crippen LogP contribution is -2.40. The number of nitrogens with one attached hydrogen (secondary N) is 1. The Morgan fingerprint density at radius 2 is 1.66 bits per heavy atom. The molecule has 1 aliphatic rings. The average Bonchev–Trinajstić information content (AvgIpc) is 2.80. The van der Waals surface area contributed by atoms with Crippen LogP contribution in [0.5, 0.6) is 11.5 Å². The van der Waals surface area contributed by atoms with E-state index in [0.717, 1.165) is 0 Å². The summed E-state index contributed by atoms with van der Waals surface area (Å²) in [4.78, 5) is -0.117. The second kappa shape index (κ2) is 10.5. The monoisotopic (exact) mass is 486 g/mol. The highest BCUT2D eigenvalue weighted by Gasteiger charge is 2.30. The summed E-state index contributed by atoms with van der Waals surface area (Å²) in [6.07, 6.45) is 0. The summed E-state index contributed by atoms with van der Waals surface area (Å²) in [6, 6.07) is 9.98. The van der Waals surface area contributed by atoms with Gasteiger partial charge in [0.1, 0.15) is 23.0 Å². The van der Waals surface area contributed by atoms with Crippen LogP contribution in [0.2, 0.25) is 0 Å². The third kappa shape index (κ3) is 5.70. The highest BCUT2D eigenvalue weighted by Crippen LogP contribution is 2.31. The van der Waals surface area contributed by atoms with Crippen molar-refractivity contribution in [3.8, 4) is 11.5 Å². The predicted molar refractivity (Wildman–Crippen MR) is 117 cm³/mol. The van der Waals surface area contributed by atoms with Gasteiger partial charge in [-0.2, -0.15) is 4.31 Å². The van der Waals surface area contributed by atoms with Crippen LogP contribution in [0.3, 0.4) is 0 Å². The summed E-state index contributed by atoms with van der Waals surface area (Å²) < 4.78 is 76.3. The predicted octanol–water partition coefficient (Wildman–Crippen LogP) is 1.54. The molecule has 2 aromatic rings. The van der Waals surface area contributed by atoms with Crippen LogP contribution in [-0.4, -0.2) is 74.9 Å². The maximum absolute atomic E-state index is 13.1. The van der Waals surface area contributed by atoms with Crippen LogP contribution in [0.1, 0.15) is 0 Å². The summed E-state index contributed by atoms with van der Waals surface area (Å²) >= 11 is 0. The summed E-state index contributed by atoms with van der Waals surface area (Å²) in [7, 11) is -4.95. The molecule has 1 saturated heterocycles. The minimum absolute atomic E-state index is 0.00463. The molecule has 0 amide bonds. The summed E-state index contributed by atoms with van der Waals surface area (Å²) in [6.45, 7) is 1.75. The number of hydrogen-bond donors (Lipinski definition) is 1. The molecular weight excluding hydrogens is 460 g/mol. The highest BCUT2D eigenvalue weighted by atomic mass is 32.2. The standard InChI is InChI=1S/C20H26N2O8S2/c1-27-13-14-30-17-4-6-18(7-5-17)31(23,24)21-16-3-8-19(28-2)20(15-16)32(25,26)22-9-11-29-12-10-22/h3-8,15,21H,9-14H2,1-2H3. The molecule has 0 bridgehead atoms. The maximum Gasteiger partial charge on any atom is 0.261 e. The van der Waals surface area contributed by atoms with E-state index >= 15 is 0 Å². The molecule has 0 atom stereocenters. The van der Waals surface area contributed by atoms with Gasteiger partial charge in [0.15, 0.2) is 0 Å². The van der Waals surface area contributed by atoms with Gasteiger partial charge >= 0.3 is 0 Å². The molecule has 32 heavy (non-hydrogen) atoms. The fourth-order valence-electron chi connectivity index (χ4n) is 3.04. The van der Waals surface area contributed by atoms with Crippen molar-refractivity contribution in [3.63, 3.8) is 0 Å². The number of morpholine rings is 1. The molecule has 1 fully saturated rings. The van der Waals surface area contributed by atoms with Gasteiger partial charge in [-0.25, -0.2) is 16.8 Å². The van der Waals surface area contributed by atoms with E-state index in [1.54, 1.807) is 7.11 Å². The first kappa shape index (κ1) is 24.3. The molecule has 1 N–H and O–H groups in total. The lowest BCUT2D eigenvalue weighted by atomic mass is 10.3. The Bertz CT molecular complexity index is 1110. The quantitative estimate of drug-likeness (QED) is 0.502. The molecular formula is C20H26N2O8S2. The minimum atomic E-state index is -3.96. The maximum atomic E-state index is 13.1. The third-order valence-electron chi connectivity index (χ3n) is 4.69. The molecule has 1 aliphatic heterocycles. The molecule has 0 saturated carbocycles. The van der Waals surface area contributed by atoms with E-state index in [4.69, 9.17) is 18.9 Å². The second-order valence-electron chi connectivity index (χ2n) is 6.80. The van der Waals surface area contributed by atoms with E-state index in [1.165, 1.54) is 53.9 Å². The van der Waals surface area contributed by atoms with E-state index in [0.29, 0.717) is 32.2 Å². The zero-order valence-corrected chi connectivity index (χ0v) is 19.4. The van der Waals surface area contributed by atoms with Gasteiger partial charge in [0.25, 0.3) is 10.0 Å². The average molecular weight is 487 g/mol. The number of hydrogen-bond acceptors (Lipinski definition) is 8. The lowest BCUT2D eigenvalue weighted by Gasteiger charge is -2.26. The molecule has 0 unspecified atom stereocenters. The van der Waals surface area contributed by atoms with E-state index in [1.807, 2.05) is 0 Å².